The Bertz CT molecular complexity index is 904. The Morgan fingerprint density at radius 1 is 1.33 bits per heavy atom. The van der Waals surface area contributed by atoms with Crippen LogP contribution in [0.2, 0.25) is 0 Å². The number of sulfone groups is 1. The van der Waals surface area contributed by atoms with Crippen molar-refractivity contribution < 1.29 is 31.5 Å². The van der Waals surface area contributed by atoms with Gasteiger partial charge < -0.3 is 5.11 Å². The minimum Gasteiger partial charge on any atom is -0.476 e. The van der Waals surface area contributed by atoms with Crippen molar-refractivity contribution in [3.8, 4) is 5.69 Å². The SMILES string of the molecule is CCS(=O)(=O)c1cc(C(F)(F)F)ccc1-n1nnc(C(=O)O)c1C. The summed E-state index contributed by atoms with van der Waals surface area (Å²) in [5.74, 6) is -1.81. The van der Waals surface area contributed by atoms with E-state index in [1.165, 1.54) is 13.8 Å². The predicted octanol–water partition coefficient (Wildman–Crippen LogP) is 2.09. The Morgan fingerprint density at radius 2 is 1.96 bits per heavy atom. The summed E-state index contributed by atoms with van der Waals surface area (Å²) in [5.41, 5.74) is -1.75. The number of carboxylic acid groups (broad SMARTS) is 1. The fourth-order valence-corrected chi connectivity index (χ4v) is 3.12. The summed E-state index contributed by atoms with van der Waals surface area (Å²) in [6, 6.07) is 2.14. The van der Waals surface area contributed by atoms with Crippen LogP contribution in [0.15, 0.2) is 23.1 Å². The summed E-state index contributed by atoms with van der Waals surface area (Å²) >= 11 is 0. The number of carbonyl (C=O) groups is 1. The number of hydrogen-bond acceptors (Lipinski definition) is 5. The van der Waals surface area contributed by atoms with Gasteiger partial charge in [-0.2, -0.15) is 13.2 Å². The first-order valence-corrected chi connectivity index (χ1v) is 8.24. The van der Waals surface area contributed by atoms with Crippen molar-refractivity contribution in [1.82, 2.24) is 15.0 Å². The lowest BCUT2D eigenvalue weighted by atomic mass is 10.2. The molecule has 2 rings (SSSR count). The molecule has 130 valence electrons. The van der Waals surface area contributed by atoms with Gasteiger partial charge in [0.05, 0.1) is 27.6 Å². The van der Waals surface area contributed by atoms with E-state index in [1.54, 1.807) is 0 Å². The van der Waals surface area contributed by atoms with Crippen LogP contribution in [-0.2, 0) is 16.0 Å². The highest BCUT2D eigenvalue weighted by atomic mass is 32.2. The van der Waals surface area contributed by atoms with E-state index in [4.69, 9.17) is 5.11 Å². The van der Waals surface area contributed by atoms with Crippen LogP contribution in [-0.4, -0.2) is 40.2 Å². The zero-order chi connectivity index (χ0) is 18.3. The van der Waals surface area contributed by atoms with Gasteiger partial charge in [-0.1, -0.05) is 12.1 Å². The Labute approximate surface area is 134 Å². The highest BCUT2D eigenvalue weighted by Crippen LogP contribution is 2.33. The van der Waals surface area contributed by atoms with Gasteiger partial charge in [0.15, 0.2) is 15.5 Å². The summed E-state index contributed by atoms with van der Waals surface area (Å²) in [6.45, 7) is 2.61. The zero-order valence-electron chi connectivity index (χ0n) is 12.5. The highest BCUT2D eigenvalue weighted by Gasteiger charge is 2.33. The number of halogens is 3. The van der Waals surface area contributed by atoms with E-state index in [9.17, 15) is 26.4 Å². The van der Waals surface area contributed by atoms with Crippen LogP contribution in [0.1, 0.15) is 28.7 Å². The first-order chi connectivity index (χ1) is 11.0. The maximum Gasteiger partial charge on any atom is 0.416 e. The van der Waals surface area contributed by atoms with E-state index in [1.807, 2.05) is 0 Å². The fourth-order valence-electron chi connectivity index (χ4n) is 2.03. The van der Waals surface area contributed by atoms with Gasteiger partial charge >= 0.3 is 12.1 Å². The predicted molar refractivity (Wildman–Crippen MR) is 75.8 cm³/mol. The number of aromatic nitrogens is 3. The normalized spacial score (nSPS) is 12.4. The van der Waals surface area contributed by atoms with E-state index < -0.39 is 43.9 Å². The molecule has 0 bridgehead atoms. The molecule has 0 amide bonds. The van der Waals surface area contributed by atoms with Crippen molar-refractivity contribution in [2.24, 2.45) is 0 Å². The van der Waals surface area contributed by atoms with Crippen LogP contribution in [0.5, 0.6) is 0 Å². The lowest BCUT2D eigenvalue weighted by molar-refractivity contribution is -0.137. The average Bonchev–Trinajstić information content (AvgIpc) is 2.87. The first-order valence-electron chi connectivity index (χ1n) is 6.59. The van der Waals surface area contributed by atoms with Crippen LogP contribution < -0.4 is 0 Å². The third kappa shape index (κ3) is 3.11. The van der Waals surface area contributed by atoms with Crippen molar-refractivity contribution in [2.75, 3.05) is 5.75 Å². The monoisotopic (exact) mass is 363 g/mol. The molecule has 0 fully saturated rings. The summed E-state index contributed by atoms with van der Waals surface area (Å²) in [4.78, 5) is 10.4. The van der Waals surface area contributed by atoms with Gasteiger partial charge in [-0.25, -0.2) is 17.9 Å². The van der Waals surface area contributed by atoms with E-state index in [0.29, 0.717) is 12.1 Å². The molecular formula is C13H12F3N3O4S. The highest BCUT2D eigenvalue weighted by molar-refractivity contribution is 7.91. The molecule has 24 heavy (non-hydrogen) atoms. The van der Waals surface area contributed by atoms with Gasteiger partial charge in [0, 0.05) is 0 Å². The van der Waals surface area contributed by atoms with Gasteiger partial charge in [0.25, 0.3) is 0 Å². The molecule has 0 unspecified atom stereocenters. The molecule has 7 nitrogen and oxygen atoms in total. The Balaban J connectivity index is 2.78. The molecule has 0 saturated carbocycles. The van der Waals surface area contributed by atoms with E-state index >= 15 is 0 Å². The van der Waals surface area contributed by atoms with Crippen molar-refractivity contribution >= 4 is 15.8 Å². The van der Waals surface area contributed by atoms with E-state index in [-0.39, 0.29) is 11.4 Å². The van der Waals surface area contributed by atoms with Crippen LogP contribution in [0.25, 0.3) is 5.69 Å². The van der Waals surface area contributed by atoms with Crippen LogP contribution in [0.4, 0.5) is 13.2 Å². The number of rotatable bonds is 4. The number of benzene rings is 1. The molecule has 1 aromatic heterocycles. The van der Waals surface area contributed by atoms with E-state index in [2.05, 4.69) is 10.3 Å². The maximum absolute atomic E-state index is 12.9. The van der Waals surface area contributed by atoms with Crippen molar-refractivity contribution in [3.05, 3.63) is 35.2 Å². The largest absolute Gasteiger partial charge is 0.476 e. The van der Waals surface area contributed by atoms with E-state index in [0.717, 1.165) is 10.7 Å². The van der Waals surface area contributed by atoms with Gasteiger partial charge in [-0.3, -0.25) is 0 Å². The second-order valence-electron chi connectivity index (χ2n) is 4.82. The van der Waals surface area contributed by atoms with Crippen molar-refractivity contribution in [3.63, 3.8) is 0 Å². The topological polar surface area (TPSA) is 102 Å². The number of nitrogens with zero attached hydrogens (tertiary/aromatic N) is 3. The van der Waals surface area contributed by atoms with Crippen LogP contribution in [0.3, 0.4) is 0 Å². The molecule has 0 spiro atoms. The molecule has 0 aliphatic heterocycles. The van der Waals surface area contributed by atoms with Gasteiger partial charge in [0.2, 0.25) is 0 Å². The molecule has 1 N–H and O–H groups in total. The van der Waals surface area contributed by atoms with Crippen LogP contribution in [0, 0.1) is 6.92 Å². The van der Waals surface area contributed by atoms with Gasteiger partial charge in [-0.15, -0.1) is 5.10 Å². The lowest BCUT2D eigenvalue weighted by Crippen LogP contribution is -2.14. The Morgan fingerprint density at radius 3 is 2.42 bits per heavy atom. The summed E-state index contributed by atoms with van der Waals surface area (Å²) in [5, 5.41) is 15.9. The number of carboxylic acids is 1. The van der Waals surface area contributed by atoms with Gasteiger partial charge in [0.1, 0.15) is 0 Å². The molecule has 0 aliphatic rings. The summed E-state index contributed by atoms with van der Waals surface area (Å²) in [7, 11) is -4.02. The third-order valence-electron chi connectivity index (χ3n) is 3.33. The van der Waals surface area contributed by atoms with Crippen molar-refractivity contribution in [1.29, 1.82) is 0 Å². The number of alkyl halides is 3. The molecule has 1 aromatic carbocycles. The third-order valence-corrected chi connectivity index (χ3v) is 5.08. The molecule has 11 heteroatoms. The molecule has 1 heterocycles. The minimum absolute atomic E-state index is 0.00480. The smallest absolute Gasteiger partial charge is 0.416 e. The molecular weight excluding hydrogens is 351 g/mol. The fraction of sp³-hybridized carbons (Fsp3) is 0.308. The standard InChI is InChI=1S/C13H12F3N3O4S/c1-3-24(22,23)10-6-8(13(14,15)16)4-5-9(10)19-7(2)11(12(20)21)17-18-19/h4-6H,3H2,1-2H3,(H,20,21). The lowest BCUT2D eigenvalue weighted by Gasteiger charge is -2.14. The Hall–Kier alpha value is -2.43. The second-order valence-corrected chi connectivity index (χ2v) is 7.07. The van der Waals surface area contributed by atoms with Crippen LogP contribution >= 0.6 is 0 Å². The molecule has 0 radical (unpaired) electrons. The van der Waals surface area contributed by atoms with Gasteiger partial charge in [-0.05, 0) is 25.1 Å². The molecule has 0 atom stereocenters. The number of hydrogen-bond donors (Lipinski definition) is 1. The zero-order valence-corrected chi connectivity index (χ0v) is 13.3. The quantitative estimate of drug-likeness (QED) is 0.892. The first kappa shape index (κ1) is 17.9. The second kappa shape index (κ2) is 5.89. The molecule has 0 saturated heterocycles. The number of aromatic carboxylic acids is 1. The minimum atomic E-state index is -4.72. The maximum atomic E-state index is 12.9. The summed E-state index contributed by atoms with van der Waals surface area (Å²) < 4.78 is 63.9. The Kier molecular flexibility index (Phi) is 4.40. The molecule has 0 aliphatic carbocycles. The average molecular weight is 363 g/mol. The summed E-state index contributed by atoms with van der Waals surface area (Å²) in [6.07, 6.45) is -4.72. The molecule has 2 aromatic rings. The van der Waals surface area contributed by atoms with Crippen molar-refractivity contribution in [2.45, 2.75) is 24.9 Å².